The molecule has 2 amide bonds. The van der Waals surface area contributed by atoms with Crippen molar-refractivity contribution in [3.8, 4) is 0 Å². The SMILES string of the molecule is CCN(CC)c1ccc(/C=N\NC(=O)CNC(=O)c2ccc(Cl)cc2)cc1. The van der Waals surface area contributed by atoms with Crippen molar-refractivity contribution in [1.82, 2.24) is 10.7 Å². The second kappa shape index (κ2) is 10.3. The zero-order chi connectivity index (χ0) is 19.6. The molecule has 2 N–H and O–H groups in total. The minimum atomic E-state index is -0.409. The number of hydrogen-bond acceptors (Lipinski definition) is 4. The Balaban J connectivity index is 1.79. The van der Waals surface area contributed by atoms with Crippen LogP contribution in [-0.2, 0) is 4.79 Å². The zero-order valence-corrected chi connectivity index (χ0v) is 16.2. The highest BCUT2D eigenvalue weighted by atomic mass is 35.5. The van der Waals surface area contributed by atoms with E-state index in [2.05, 4.69) is 34.6 Å². The molecule has 7 heteroatoms. The minimum absolute atomic E-state index is 0.167. The van der Waals surface area contributed by atoms with Crippen LogP contribution in [0.1, 0.15) is 29.8 Å². The summed E-state index contributed by atoms with van der Waals surface area (Å²) in [5.74, 6) is -0.758. The minimum Gasteiger partial charge on any atom is -0.372 e. The molecule has 2 aromatic rings. The molecule has 0 bridgehead atoms. The zero-order valence-electron chi connectivity index (χ0n) is 15.4. The van der Waals surface area contributed by atoms with Crippen molar-refractivity contribution in [3.63, 3.8) is 0 Å². The average molecular weight is 387 g/mol. The Hall–Kier alpha value is -2.86. The predicted molar refractivity (Wildman–Crippen MR) is 110 cm³/mol. The summed E-state index contributed by atoms with van der Waals surface area (Å²) in [5, 5.41) is 6.98. The summed E-state index contributed by atoms with van der Waals surface area (Å²) in [6.07, 6.45) is 1.56. The molecule has 0 fully saturated rings. The average Bonchev–Trinajstić information content (AvgIpc) is 2.69. The van der Waals surface area contributed by atoms with Crippen molar-refractivity contribution in [1.29, 1.82) is 0 Å². The van der Waals surface area contributed by atoms with Gasteiger partial charge in [-0.2, -0.15) is 5.10 Å². The molecule has 0 saturated heterocycles. The first-order valence-corrected chi connectivity index (χ1v) is 9.12. The molecule has 0 unspecified atom stereocenters. The summed E-state index contributed by atoms with van der Waals surface area (Å²) in [6, 6.07) is 14.3. The van der Waals surface area contributed by atoms with Gasteiger partial charge in [-0.3, -0.25) is 9.59 Å². The van der Waals surface area contributed by atoms with Gasteiger partial charge < -0.3 is 10.2 Å². The van der Waals surface area contributed by atoms with E-state index in [1.54, 1.807) is 30.5 Å². The summed E-state index contributed by atoms with van der Waals surface area (Å²) in [4.78, 5) is 25.9. The number of amides is 2. The van der Waals surface area contributed by atoms with Crippen molar-refractivity contribution < 1.29 is 9.59 Å². The number of carbonyl (C=O) groups excluding carboxylic acids is 2. The first-order chi connectivity index (χ1) is 13.0. The fraction of sp³-hybridized carbons (Fsp3) is 0.250. The topological polar surface area (TPSA) is 73.8 Å². The molecule has 0 heterocycles. The monoisotopic (exact) mass is 386 g/mol. The van der Waals surface area contributed by atoms with Gasteiger partial charge in [-0.1, -0.05) is 23.7 Å². The third-order valence-electron chi connectivity index (χ3n) is 3.94. The highest BCUT2D eigenvalue weighted by molar-refractivity contribution is 6.30. The Morgan fingerprint density at radius 1 is 1.04 bits per heavy atom. The van der Waals surface area contributed by atoms with Gasteiger partial charge in [0.1, 0.15) is 0 Å². The highest BCUT2D eigenvalue weighted by Crippen LogP contribution is 2.14. The number of halogens is 1. The maximum Gasteiger partial charge on any atom is 0.259 e. The van der Waals surface area contributed by atoms with Crippen LogP contribution >= 0.6 is 11.6 Å². The summed E-state index contributed by atoms with van der Waals surface area (Å²) >= 11 is 5.78. The number of nitrogens with zero attached hydrogens (tertiary/aromatic N) is 2. The molecule has 0 aliphatic carbocycles. The standard InChI is InChI=1S/C20H23ClN4O2/c1-3-25(4-2)18-11-5-15(6-12-18)13-23-24-19(26)14-22-20(27)16-7-9-17(21)10-8-16/h5-13H,3-4,14H2,1-2H3,(H,22,27)(H,24,26)/b23-13-. The van der Waals surface area contributed by atoms with Crippen molar-refractivity contribution >= 4 is 35.3 Å². The molecule has 0 aromatic heterocycles. The molecule has 142 valence electrons. The Kier molecular flexibility index (Phi) is 7.82. The summed E-state index contributed by atoms with van der Waals surface area (Å²) in [5.41, 5.74) is 4.84. The van der Waals surface area contributed by atoms with E-state index in [0.29, 0.717) is 10.6 Å². The number of anilines is 1. The van der Waals surface area contributed by atoms with Crippen LogP contribution in [0.2, 0.25) is 5.02 Å². The fourth-order valence-electron chi connectivity index (χ4n) is 2.44. The van der Waals surface area contributed by atoms with E-state index in [1.807, 2.05) is 24.3 Å². The molecule has 0 atom stereocenters. The van der Waals surface area contributed by atoms with E-state index in [-0.39, 0.29) is 12.5 Å². The van der Waals surface area contributed by atoms with E-state index in [1.165, 1.54) is 0 Å². The Bertz CT molecular complexity index is 785. The van der Waals surface area contributed by atoms with Gasteiger partial charge in [0.15, 0.2) is 0 Å². The van der Waals surface area contributed by atoms with Crippen LogP contribution in [0.3, 0.4) is 0 Å². The van der Waals surface area contributed by atoms with Crippen LogP contribution in [0.15, 0.2) is 53.6 Å². The highest BCUT2D eigenvalue weighted by Gasteiger charge is 2.07. The normalized spacial score (nSPS) is 10.6. The lowest BCUT2D eigenvalue weighted by Crippen LogP contribution is -2.34. The molecule has 2 rings (SSSR count). The van der Waals surface area contributed by atoms with Crippen molar-refractivity contribution in [2.24, 2.45) is 5.10 Å². The molecular formula is C20H23ClN4O2. The molecule has 27 heavy (non-hydrogen) atoms. The van der Waals surface area contributed by atoms with Crippen LogP contribution in [0.5, 0.6) is 0 Å². The molecule has 0 spiro atoms. The maximum atomic E-state index is 11.9. The Morgan fingerprint density at radius 2 is 1.67 bits per heavy atom. The third kappa shape index (κ3) is 6.42. The molecule has 6 nitrogen and oxygen atoms in total. The number of hydrogen-bond donors (Lipinski definition) is 2. The lowest BCUT2D eigenvalue weighted by Gasteiger charge is -2.20. The van der Waals surface area contributed by atoms with Crippen molar-refractivity contribution in [3.05, 3.63) is 64.7 Å². The van der Waals surface area contributed by atoms with Crippen molar-refractivity contribution in [2.45, 2.75) is 13.8 Å². The van der Waals surface area contributed by atoms with Gasteiger partial charge in [0.05, 0.1) is 12.8 Å². The van der Waals surface area contributed by atoms with Crippen LogP contribution in [-0.4, -0.2) is 37.7 Å². The molecule has 0 radical (unpaired) electrons. The second-order valence-electron chi connectivity index (χ2n) is 5.75. The molecule has 0 aliphatic heterocycles. The first kappa shape index (κ1) is 20.5. The summed E-state index contributed by atoms with van der Waals surface area (Å²) < 4.78 is 0. The lowest BCUT2D eigenvalue weighted by atomic mass is 10.2. The number of benzene rings is 2. The van der Waals surface area contributed by atoms with Gasteiger partial charge in [0, 0.05) is 29.4 Å². The molecular weight excluding hydrogens is 364 g/mol. The van der Waals surface area contributed by atoms with Crippen LogP contribution in [0.4, 0.5) is 5.69 Å². The van der Waals surface area contributed by atoms with Crippen LogP contribution in [0, 0.1) is 0 Å². The van der Waals surface area contributed by atoms with Gasteiger partial charge >= 0.3 is 0 Å². The van der Waals surface area contributed by atoms with E-state index < -0.39 is 5.91 Å². The van der Waals surface area contributed by atoms with Crippen molar-refractivity contribution in [2.75, 3.05) is 24.5 Å². The van der Waals surface area contributed by atoms with E-state index in [0.717, 1.165) is 24.3 Å². The van der Waals surface area contributed by atoms with Gasteiger partial charge in [-0.05, 0) is 55.8 Å². The Morgan fingerprint density at radius 3 is 2.26 bits per heavy atom. The van der Waals surface area contributed by atoms with E-state index in [4.69, 9.17) is 11.6 Å². The second-order valence-corrected chi connectivity index (χ2v) is 6.18. The number of carbonyl (C=O) groups is 2. The predicted octanol–water partition coefficient (Wildman–Crippen LogP) is 3.07. The molecule has 0 saturated carbocycles. The lowest BCUT2D eigenvalue weighted by molar-refractivity contribution is -0.120. The van der Waals surface area contributed by atoms with Gasteiger partial charge in [-0.25, -0.2) is 5.43 Å². The Labute approximate surface area is 164 Å². The first-order valence-electron chi connectivity index (χ1n) is 8.74. The van der Waals surface area contributed by atoms with Crippen LogP contribution < -0.4 is 15.6 Å². The summed E-state index contributed by atoms with van der Waals surface area (Å²) in [6.45, 7) is 5.95. The maximum absolute atomic E-state index is 11.9. The quantitative estimate of drug-likeness (QED) is 0.541. The molecule has 0 aliphatic rings. The van der Waals surface area contributed by atoms with E-state index in [9.17, 15) is 9.59 Å². The number of rotatable bonds is 8. The van der Waals surface area contributed by atoms with Crippen LogP contribution in [0.25, 0.3) is 0 Å². The van der Waals surface area contributed by atoms with E-state index >= 15 is 0 Å². The van der Waals surface area contributed by atoms with Gasteiger partial charge in [0.2, 0.25) is 0 Å². The number of hydrazone groups is 1. The third-order valence-corrected chi connectivity index (χ3v) is 4.19. The van der Waals surface area contributed by atoms with Gasteiger partial charge in [-0.15, -0.1) is 0 Å². The largest absolute Gasteiger partial charge is 0.372 e. The smallest absolute Gasteiger partial charge is 0.259 e. The number of nitrogens with one attached hydrogen (secondary N) is 2. The fourth-order valence-corrected chi connectivity index (χ4v) is 2.57. The molecule has 2 aromatic carbocycles. The summed E-state index contributed by atoms with van der Waals surface area (Å²) in [7, 11) is 0. The van der Waals surface area contributed by atoms with Gasteiger partial charge in [0.25, 0.3) is 11.8 Å².